The Labute approximate surface area is 126 Å². The van der Waals surface area contributed by atoms with E-state index in [1.807, 2.05) is 18.2 Å². The average molecular weight is 309 g/mol. The van der Waals surface area contributed by atoms with Gasteiger partial charge in [0.1, 0.15) is 0 Å². The Hall–Kier alpha value is -1.56. The Balaban J connectivity index is 1.71. The molecule has 0 aromatic heterocycles. The van der Waals surface area contributed by atoms with Crippen LogP contribution in [0, 0.1) is 5.92 Å². The highest BCUT2D eigenvalue weighted by molar-refractivity contribution is 7.91. The molecule has 1 unspecified atom stereocenters. The molecule has 0 aliphatic carbocycles. The summed E-state index contributed by atoms with van der Waals surface area (Å²) in [6.45, 7) is 1.21. The summed E-state index contributed by atoms with van der Waals surface area (Å²) in [4.78, 5) is 4.26. The van der Waals surface area contributed by atoms with Crippen molar-refractivity contribution in [1.82, 2.24) is 5.32 Å². The average Bonchev–Trinajstić information content (AvgIpc) is 2.45. The minimum absolute atomic E-state index is 0.109. The SMILES string of the molecule is NC(=NCC1CCCS(=O)(=O)C1)NCCc1ccccc1. The first kappa shape index (κ1) is 15.8. The standard InChI is InChI=1S/C15H23N3O2S/c16-15(17-9-8-13-5-2-1-3-6-13)18-11-14-7-4-10-21(19,20)12-14/h1-3,5-6,14H,4,7-12H2,(H3,16,17,18). The first-order valence-electron chi connectivity index (χ1n) is 7.33. The van der Waals surface area contributed by atoms with E-state index in [0.29, 0.717) is 18.3 Å². The molecule has 21 heavy (non-hydrogen) atoms. The number of rotatable bonds is 5. The van der Waals surface area contributed by atoms with E-state index in [-0.39, 0.29) is 11.7 Å². The molecule has 3 N–H and O–H groups in total. The fourth-order valence-electron chi connectivity index (χ4n) is 2.52. The number of nitrogens with two attached hydrogens (primary N) is 1. The fourth-order valence-corrected chi connectivity index (χ4v) is 4.29. The summed E-state index contributed by atoms with van der Waals surface area (Å²) in [6, 6.07) is 10.2. The number of aliphatic imine (C=N–C) groups is 1. The molecule has 0 bridgehead atoms. The molecule has 1 saturated heterocycles. The van der Waals surface area contributed by atoms with Gasteiger partial charge in [0.05, 0.1) is 11.5 Å². The van der Waals surface area contributed by atoms with Crippen molar-refractivity contribution < 1.29 is 8.42 Å². The molecule has 0 saturated carbocycles. The van der Waals surface area contributed by atoms with E-state index >= 15 is 0 Å². The van der Waals surface area contributed by atoms with E-state index in [1.54, 1.807) is 0 Å². The molecule has 0 amide bonds. The first-order chi connectivity index (χ1) is 10.1. The summed E-state index contributed by atoms with van der Waals surface area (Å²) in [7, 11) is -2.86. The van der Waals surface area contributed by atoms with Crippen LogP contribution in [-0.4, -0.2) is 39.0 Å². The molecule has 1 heterocycles. The second-order valence-corrected chi connectivity index (χ2v) is 7.74. The summed E-state index contributed by atoms with van der Waals surface area (Å²) in [6.07, 6.45) is 2.54. The van der Waals surface area contributed by atoms with Crippen LogP contribution in [0.15, 0.2) is 35.3 Å². The lowest BCUT2D eigenvalue weighted by molar-refractivity contribution is 0.493. The van der Waals surface area contributed by atoms with E-state index in [1.165, 1.54) is 5.56 Å². The van der Waals surface area contributed by atoms with Gasteiger partial charge in [-0.3, -0.25) is 4.99 Å². The predicted octanol–water partition coefficient (Wildman–Crippen LogP) is 0.958. The van der Waals surface area contributed by atoms with Crippen LogP contribution < -0.4 is 11.1 Å². The number of nitrogens with one attached hydrogen (secondary N) is 1. The molecule has 1 fully saturated rings. The van der Waals surface area contributed by atoms with Crippen LogP contribution in [0.25, 0.3) is 0 Å². The van der Waals surface area contributed by atoms with Crippen molar-refractivity contribution in [3.63, 3.8) is 0 Å². The first-order valence-corrected chi connectivity index (χ1v) is 9.15. The summed E-state index contributed by atoms with van der Waals surface area (Å²) < 4.78 is 23.1. The lowest BCUT2D eigenvalue weighted by atomic mass is 10.1. The summed E-state index contributed by atoms with van der Waals surface area (Å²) >= 11 is 0. The number of nitrogens with zero attached hydrogens (tertiary/aromatic N) is 1. The minimum Gasteiger partial charge on any atom is -0.370 e. The lowest BCUT2D eigenvalue weighted by Gasteiger charge is -2.20. The van der Waals surface area contributed by atoms with Crippen LogP contribution in [0.1, 0.15) is 18.4 Å². The Morgan fingerprint density at radius 3 is 2.81 bits per heavy atom. The van der Waals surface area contributed by atoms with Gasteiger partial charge in [0.2, 0.25) is 0 Å². The number of guanidine groups is 1. The molecule has 2 rings (SSSR count). The van der Waals surface area contributed by atoms with Crippen molar-refractivity contribution in [2.24, 2.45) is 16.6 Å². The second kappa shape index (κ2) is 7.45. The van der Waals surface area contributed by atoms with Crippen molar-refractivity contribution in [2.75, 3.05) is 24.6 Å². The molecule has 6 heteroatoms. The zero-order valence-electron chi connectivity index (χ0n) is 12.2. The highest BCUT2D eigenvalue weighted by Crippen LogP contribution is 2.18. The maximum atomic E-state index is 11.5. The quantitative estimate of drug-likeness (QED) is 0.627. The van der Waals surface area contributed by atoms with Crippen LogP contribution in [0.4, 0.5) is 0 Å². The highest BCUT2D eigenvalue weighted by atomic mass is 32.2. The molecule has 116 valence electrons. The molecule has 1 aromatic rings. The smallest absolute Gasteiger partial charge is 0.188 e. The third-order valence-corrected chi connectivity index (χ3v) is 5.53. The van der Waals surface area contributed by atoms with Gasteiger partial charge in [0.15, 0.2) is 15.8 Å². The lowest BCUT2D eigenvalue weighted by Crippen LogP contribution is -2.34. The van der Waals surface area contributed by atoms with E-state index < -0.39 is 9.84 Å². The van der Waals surface area contributed by atoms with Crippen LogP contribution in [0.2, 0.25) is 0 Å². The van der Waals surface area contributed by atoms with Gasteiger partial charge < -0.3 is 11.1 Å². The maximum absolute atomic E-state index is 11.5. The van der Waals surface area contributed by atoms with Gasteiger partial charge in [-0.1, -0.05) is 30.3 Å². The predicted molar refractivity (Wildman–Crippen MR) is 86.0 cm³/mol. The third-order valence-electron chi connectivity index (χ3n) is 3.64. The molecule has 1 atom stereocenters. The molecule has 1 aliphatic heterocycles. The van der Waals surface area contributed by atoms with Gasteiger partial charge in [-0.2, -0.15) is 0 Å². The normalized spacial score (nSPS) is 21.9. The topological polar surface area (TPSA) is 84.5 Å². The van der Waals surface area contributed by atoms with Crippen LogP contribution in [0.3, 0.4) is 0 Å². The fraction of sp³-hybridized carbons (Fsp3) is 0.533. The third kappa shape index (κ3) is 5.75. The monoisotopic (exact) mass is 309 g/mol. The van der Waals surface area contributed by atoms with Gasteiger partial charge in [-0.15, -0.1) is 0 Å². The molecule has 0 spiro atoms. The van der Waals surface area contributed by atoms with Crippen LogP contribution >= 0.6 is 0 Å². The van der Waals surface area contributed by atoms with Gasteiger partial charge in [0, 0.05) is 13.1 Å². The largest absolute Gasteiger partial charge is 0.370 e. The second-order valence-electron chi connectivity index (χ2n) is 5.51. The number of sulfone groups is 1. The van der Waals surface area contributed by atoms with Gasteiger partial charge in [-0.05, 0) is 30.7 Å². The van der Waals surface area contributed by atoms with E-state index in [9.17, 15) is 8.42 Å². The van der Waals surface area contributed by atoms with Gasteiger partial charge >= 0.3 is 0 Å². The maximum Gasteiger partial charge on any atom is 0.188 e. The molecule has 0 radical (unpaired) electrons. The van der Waals surface area contributed by atoms with Crippen molar-refractivity contribution in [3.8, 4) is 0 Å². The molecular weight excluding hydrogens is 286 g/mol. The summed E-state index contributed by atoms with van der Waals surface area (Å²) in [5.41, 5.74) is 7.06. The zero-order valence-corrected chi connectivity index (χ0v) is 13.0. The van der Waals surface area contributed by atoms with Gasteiger partial charge in [0.25, 0.3) is 0 Å². The van der Waals surface area contributed by atoms with Gasteiger partial charge in [-0.25, -0.2) is 8.42 Å². The minimum atomic E-state index is -2.86. The van der Waals surface area contributed by atoms with Crippen molar-refractivity contribution in [3.05, 3.63) is 35.9 Å². The molecule has 5 nitrogen and oxygen atoms in total. The van der Waals surface area contributed by atoms with E-state index in [2.05, 4.69) is 22.4 Å². The van der Waals surface area contributed by atoms with Crippen molar-refractivity contribution in [2.45, 2.75) is 19.3 Å². The van der Waals surface area contributed by atoms with E-state index in [0.717, 1.165) is 25.8 Å². The molecule has 1 aliphatic rings. The van der Waals surface area contributed by atoms with E-state index in [4.69, 9.17) is 5.73 Å². The Morgan fingerprint density at radius 1 is 1.33 bits per heavy atom. The number of hydrogen-bond donors (Lipinski definition) is 2. The Bertz CT molecular complexity index is 570. The number of hydrogen-bond acceptors (Lipinski definition) is 3. The molecular formula is C15H23N3O2S. The summed E-state index contributed by atoms with van der Waals surface area (Å²) in [5.74, 6) is 1.07. The Kier molecular flexibility index (Phi) is 5.61. The molecule has 1 aromatic carbocycles. The number of benzene rings is 1. The van der Waals surface area contributed by atoms with Crippen molar-refractivity contribution >= 4 is 15.8 Å². The highest BCUT2D eigenvalue weighted by Gasteiger charge is 2.24. The summed E-state index contributed by atoms with van der Waals surface area (Å²) in [5, 5.41) is 3.07. The zero-order chi connectivity index (χ0) is 15.1. The van der Waals surface area contributed by atoms with Crippen LogP contribution in [-0.2, 0) is 16.3 Å². The van der Waals surface area contributed by atoms with Crippen molar-refractivity contribution in [1.29, 1.82) is 0 Å². The Morgan fingerprint density at radius 2 is 2.10 bits per heavy atom. The van der Waals surface area contributed by atoms with Crippen LogP contribution in [0.5, 0.6) is 0 Å².